The second-order valence-corrected chi connectivity index (χ2v) is 9.50. The maximum atomic E-state index is 12.7. The summed E-state index contributed by atoms with van der Waals surface area (Å²) in [7, 11) is 0. The van der Waals surface area contributed by atoms with Gasteiger partial charge >= 0.3 is 5.97 Å². The topological polar surface area (TPSA) is 66.8 Å². The molecule has 1 aromatic rings. The van der Waals surface area contributed by atoms with Crippen LogP contribution in [0.4, 0.5) is 0 Å². The van der Waals surface area contributed by atoms with E-state index in [2.05, 4.69) is 6.92 Å². The van der Waals surface area contributed by atoms with Crippen molar-refractivity contribution in [3.05, 3.63) is 35.9 Å². The van der Waals surface area contributed by atoms with Gasteiger partial charge in [0.2, 0.25) is 5.91 Å². The summed E-state index contributed by atoms with van der Waals surface area (Å²) in [6.07, 6.45) is 17.3. The highest BCUT2D eigenvalue weighted by atomic mass is 16.5. The van der Waals surface area contributed by atoms with Gasteiger partial charge in [-0.05, 0) is 18.6 Å². The van der Waals surface area contributed by atoms with Crippen molar-refractivity contribution in [2.24, 2.45) is 0 Å². The molecule has 0 radical (unpaired) electrons. The van der Waals surface area contributed by atoms with Crippen molar-refractivity contribution >= 4 is 11.9 Å². The Morgan fingerprint density at radius 3 is 1.97 bits per heavy atom. The number of aliphatic hydroxyl groups excluding tert-OH is 1. The minimum atomic E-state index is -0.372. The maximum Gasteiger partial charge on any atom is 0.338 e. The second kappa shape index (κ2) is 16.7. The lowest BCUT2D eigenvalue weighted by Gasteiger charge is -2.22. The van der Waals surface area contributed by atoms with Crippen LogP contribution in [0, 0.1) is 0 Å². The van der Waals surface area contributed by atoms with E-state index in [4.69, 9.17) is 4.74 Å². The third-order valence-electron chi connectivity index (χ3n) is 6.68. The average molecular weight is 460 g/mol. The average Bonchev–Trinajstić information content (AvgIpc) is 3.25. The number of aliphatic hydroxyl groups is 1. The fourth-order valence-electron chi connectivity index (χ4n) is 4.67. The Bertz CT molecular complexity index is 663. The predicted octanol–water partition coefficient (Wildman–Crippen LogP) is 6.29. The summed E-state index contributed by atoms with van der Waals surface area (Å²) >= 11 is 0. The van der Waals surface area contributed by atoms with E-state index in [0.29, 0.717) is 24.9 Å². The van der Waals surface area contributed by atoms with E-state index in [1.807, 2.05) is 6.07 Å². The molecule has 1 N–H and O–H groups in total. The van der Waals surface area contributed by atoms with Gasteiger partial charge < -0.3 is 14.7 Å². The summed E-state index contributed by atoms with van der Waals surface area (Å²) in [6, 6.07) is 8.63. The zero-order valence-electron chi connectivity index (χ0n) is 20.7. The second-order valence-electron chi connectivity index (χ2n) is 9.50. The fraction of sp³-hybridized carbons (Fsp3) is 0.714. The summed E-state index contributed by atoms with van der Waals surface area (Å²) in [6.45, 7) is 2.54. The van der Waals surface area contributed by atoms with Gasteiger partial charge in [-0.1, -0.05) is 102 Å². The van der Waals surface area contributed by atoms with Crippen molar-refractivity contribution in [1.29, 1.82) is 0 Å². The molecule has 0 unspecified atom stereocenters. The number of carbonyl (C=O) groups excluding carboxylic acids is 2. The molecule has 1 heterocycles. The molecule has 0 aliphatic carbocycles. The number of esters is 1. The molecule has 5 heteroatoms. The first kappa shape index (κ1) is 27.4. The van der Waals surface area contributed by atoms with Crippen molar-refractivity contribution in [1.82, 2.24) is 4.90 Å². The van der Waals surface area contributed by atoms with Crippen LogP contribution in [0.5, 0.6) is 0 Å². The Morgan fingerprint density at radius 2 is 1.42 bits per heavy atom. The number of hydrogen-bond acceptors (Lipinski definition) is 4. The molecular formula is C28H45NO4. The molecule has 1 amide bonds. The number of rotatable bonds is 17. The molecule has 1 aromatic carbocycles. The molecule has 2 rings (SSSR count). The third kappa shape index (κ3) is 10.7. The fourth-order valence-corrected chi connectivity index (χ4v) is 4.67. The lowest BCUT2D eigenvalue weighted by Crippen LogP contribution is -2.38. The maximum absolute atomic E-state index is 12.7. The molecule has 1 aliphatic heterocycles. The minimum Gasteiger partial charge on any atom is -0.457 e. The first-order valence-corrected chi connectivity index (χ1v) is 13.3. The first-order chi connectivity index (χ1) is 16.2. The van der Waals surface area contributed by atoms with E-state index < -0.39 is 0 Å². The summed E-state index contributed by atoms with van der Waals surface area (Å²) in [5.41, 5.74) is 0.509. The highest BCUT2D eigenvalue weighted by molar-refractivity contribution is 5.89. The molecule has 5 nitrogen and oxygen atoms in total. The molecule has 33 heavy (non-hydrogen) atoms. The molecule has 1 saturated heterocycles. The molecular weight excluding hydrogens is 414 g/mol. The Labute approximate surface area is 200 Å². The van der Waals surface area contributed by atoms with Crippen molar-refractivity contribution < 1.29 is 19.4 Å². The number of ether oxygens (including phenoxy) is 1. The quantitative estimate of drug-likeness (QED) is 0.220. The smallest absolute Gasteiger partial charge is 0.338 e. The number of amides is 1. The van der Waals surface area contributed by atoms with Gasteiger partial charge in [0.05, 0.1) is 24.8 Å². The SMILES string of the molecule is CCCCCCCCCCCCCCCC(=O)N1C[C@H](OC(=O)c2ccccc2)C[C@H]1CO. The molecule has 186 valence electrons. The van der Waals surface area contributed by atoms with E-state index in [1.54, 1.807) is 29.2 Å². The van der Waals surface area contributed by atoms with Crippen molar-refractivity contribution in [2.75, 3.05) is 13.2 Å². The van der Waals surface area contributed by atoms with Crippen LogP contribution in [0.3, 0.4) is 0 Å². The lowest BCUT2D eigenvalue weighted by molar-refractivity contribution is -0.133. The number of hydrogen-bond donors (Lipinski definition) is 1. The van der Waals surface area contributed by atoms with Gasteiger partial charge in [-0.15, -0.1) is 0 Å². The van der Waals surface area contributed by atoms with Crippen LogP contribution >= 0.6 is 0 Å². The number of carbonyl (C=O) groups is 2. The lowest BCUT2D eigenvalue weighted by atomic mass is 10.0. The molecule has 1 fully saturated rings. The van der Waals surface area contributed by atoms with E-state index in [0.717, 1.165) is 12.8 Å². The van der Waals surface area contributed by atoms with Crippen LogP contribution in [0.1, 0.15) is 114 Å². The molecule has 1 aliphatic rings. The normalized spacial score (nSPS) is 17.9. The van der Waals surface area contributed by atoms with Gasteiger partial charge in [-0.25, -0.2) is 4.79 Å². The van der Waals surface area contributed by atoms with Gasteiger partial charge in [-0.3, -0.25) is 4.79 Å². The Hall–Kier alpha value is -1.88. The number of unbranched alkanes of at least 4 members (excludes halogenated alkanes) is 12. The predicted molar refractivity (Wildman–Crippen MR) is 133 cm³/mol. The van der Waals surface area contributed by atoms with E-state index in [9.17, 15) is 14.7 Å². The summed E-state index contributed by atoms with van der Waals surface area (Å²) in [4.78, 5) is 26.7. The molecule has 0 bridgehead atoms. The zero-order chi connectivity index (χ0) is 23.7. The van der Waals surface area contributed by atoms with Gasteiger partial charge in [0.1, 0.15) is 6.10 Å². The van der Waals surface area contributed by atoms with Crippen LogP contribution in [-0.2, 0) is 9.53 Å². The number of benzene rings is 1. The largest absolute Gasteiger partial charge is 0.457 e. The van der Waals surface area contributed by atoms with Crippen molar-refractivity contribution in [2.45, 2.75) is 115 Å². The number of nitrogens with zero attached hydrogens (tertiary/aromatic N) is 1. The molecule has 0 aromatic heterocycles. The van der Waals surface area contributed by atoms with E-state index in [-0.39, 0.29) is 30.6 Å². The van der Waals surface area contributed by atoms with Crippen LogP contribution in [0.25, 0.3) is 0 Å². The van der Waals surface area contributed by atoms with E-state index >= 15 is 0 Å². The van der Waals surface area contributed by atoms with Crippen LogP contribution in [0.15, 0.2) is 30.3 Å². The summed E-state index contributed by atoms with van der Waals surface area (Å²) in [5, 5.41) is 9.70. The van der Waals surface area contributed by atoms with Gasteiger partial charge in [0.15, 0.2) is 0 Å². The standard InChI is InChI=1S/C28H45NO4/c1-2-3-4-5-6-7-8-9-10-11-12-13-17-20-27(31)29-22-26(21-25(29)23-30)33-28(32)24-18-15-14-16-19-24/h14-16,18-19,25-26,30H,2-13,17,20-23H2,1H3/t25-,26+/m0/s1. The van der Waals surface area contributed by atoms with Crippen LogP contribution in [0.2, 0.25) is 0 Å². The first-order valence-electron chi connectivity index (χ1n) is 13.3. The highest BCUT2D eigenvalue weighted by Gasteiger charge is 2.36. The summed E-state index contributed by atoms with van der Waals surface area (Å²) in [5.74, 6) is -0.307. The van der Waals surface area contributed by atoms with Crippen molar-refractivity contribution in [3.8, 4) is 0 Å². The van der Waals surface area contributed by atoms with E-state index in [1.165, 1.54) is 70.6 Å². The molecule has 0 spiro atoms. The highest BCUT2D eigenvalue weighted by Crippen LogP contribution is 2.23. The van der Waals surface area contributed by atoms with Crippen LogP contribution < -0.4 is 0 Å². The Kier molecular flexibility index (Phi) is 13.8. The monoisotopic (exact) mass is 459 g/mol. The van der Waals surface area contributed by atoms with Crippen LogP contribution in [-0.4, -0.2) is 47.2 Å². The van der Waals surface area contributed by atoms with Crippen molar-refractivity contribution in [3.63, 3.8) is 0 Å². The van der Waals surface area contributed by atoms with Gasteiger partial charge in [-0.2, -0.15) is 0 Å². The minimum absolute atomic E-state index is 0.0652. The number of likely N-dealkylation sites (tertiary alicyclic amines) is 1. The van der Waals surface area contributed by atoms with Gasteiger partial charge in [0.25, 0.3) is 0 Å². The zero-order valence-corrected chi connectivity index (χ0v) is 20.7. The Morgan fingerprint density at radius 1 is 0.879 bits per heavy atom. The molecule has 0 saturated carbocycles. The molecule has 2 atom stereocenters. The summed E-state index contributed by atoms with van der Waals surface area (Å²) < 4.78 is 5.59. The third-order valence-corrected chi connectivity index (χ3v) is 6.68. The Balaban J connectivity index is 1.54. The van der Waals surface area contributed by atoms with Gasteiger partial charge in [0, 0.05) is 12.8 Å².